The van der Waals surface area contributed by atoms with Crippen LogP contribution in [0.15, 0.2) is 15.9 Å². The average molecular weight is 286 g/mol. The minimum Gasteiger partial charge on any atom is -0.406 e. The summed E-state index contributed by atoms with van der Waals surface area (Å²) in [6.45, 7) is 3.26. The monoisotopic (exact) mass is 285 g/mol. The number of hydrogen-bond acceptors (Lipinski definition) is 4. The van der Waals surface area contributed by atoms with Crippen LogP contribution < -0.4 is 4.74 Å². The van der Waals surface area contributed by atoms with Gasteiger partial charge in [-0.25, -0.2) is 4.98 Å². The number of pyridine rings is 1. The van der Waals surface area contributed by atoms with Gasteiger partial charge in [-0.3, -0.25) is 4.79 Å². The van der Waals surface area contributed by atoms with E-state index in [9.17, 15) is 4.79 Å². The Hall–Kier alpha value is -0.940. The molecule has 0 amide bonds. The molecular weight excluding hydrogens is 278 g/mol. The SMILES string of the molecule is CC(=O)Oc1nc(C)c2ccsc2c1Br. The molecule has 0 aliphatic rings. The van der Waals surface area contributed by atoms with Crippen molar-refractivity contribution in [1.82, 2.24) is 4.98 Å². The molecule has 0 N–H and O–H groups in total. The molecule has 15 heavy (non-hydrogen) atoms. The van der Waals surface area contributed by atoms with E-state index < -0.39 is 0 Å². The summed E-state index contributed by atoms with van der Waals surface area (Å²) < 4.78 is 6.81. The second-order valence-electron chi connectivity index (χ2n) is 3.07. The van der Waals surface area contributed by atoms with Gasteiger partial charge in [0.15, 0.2) is 0 Å². The van der Waals surface area contributed by atoms with E-state index in [-0.39, 0.29) is 5.97 Å². The van der Waals surface area contributed by atoms with Gasteiger partial charge < -0.3 is 4.74 Å². The molecule has 78 valence electrons. The average Bonchev–Trinajstić information content (AvgIpc) is 2.61. The highest BCUT2D eigenvalue weighted by Crippen LogP contribution is 2.36. The Morgan fingerprint density at radius 1 is 1.60 bits per heavy atom. The lowest BCUT2D eigenvalue weighted by atomic mass is 10.2. The van der Waals surface area contributed by atoms with Gasteiger partial charge in [-0.15, -0.1) is 11.3 Å². The summed E-state index contributed by atoms with van der Waals surface area (Å²) in [6, 6.07) is 2.00. The highest BCUT2D eigenvalue weighted by Gasteiger charge is 2.13. The fraction of sp³-hybridized carbons (Fsp3) is 0.200. The van der Waals surface area contributed by atoms with Crippen molar-refractivity contribution in [1.29, 1.82) is 0 Å². The van der Waals surface area contributed by atoms with E-state index in [1.807, 2.05) is 18.4 Å². The number of ether oxygens (including phenoxy) is 1. The lowest BCUT2D eigenvalue weighted by Gasteiger charge is -2.05. The minimum atomic E-state index is -0.362. The molecule has 0 aromatic carbocycles. The van der Waals surface area contributed by atoms with Crippen molar-refractivity contribution in [2.45, 2.75) is 13.8 Å². The van der Waals surface area contributed by atoms with Crippen LogP contribution in [0.5, 0.6) is 5.88 Å². The second-order valence-corrected chi connectivity index (χ2v) is 4.78. The molecule has 0 aliphatic heterocycles. The van der Waals surface area contributed by atoms with E-state index in [0.717, 1.165) is 20.3 Å². The summed E-state index contributed by atoms with van der Waals surface area (Å²) in [5, 5.41) is 3.07. The van der Waals surface area contributed by atoms with Gasteiger partial charge in [-0.1, -0.05) is 0 Å². The van der Waals surface area contributed by atoms with E-state index in [2.05, 4.69) is 20.9 Å². The highest BCUT2D eigenvalue weighted by molar-refractivity contribution is 9.10. The van der Waals surface area contributed by atoms with E-state index >= 15 is 0 Å². The molecule has 2 rings (SSSR count). The first-order chi connectivity index (χ1) is 7.09. The van der Waals surface area contributed by atoms with E-state index in [4.69, 9.17) is 4.74 Å². The standard InChI is InChI=1S/C10H8BrNO2S/c1-5-7-3-4-15-9(7)8(11)10(12-5)14-6(2)13/h3-4H,1-2H3. The number of nitrogens with zero attached hydrogens (tertiary/aromatic N) is 1. The Morgan fingerprint density at radius 2 is 2.33 bits per heavy atom. The van der Waals surface area contributed by atoms with Crippen molar-refractivity contribution >= 4 is 43.3 Å². The number of halogens is 1. The fourth-order valence-corrected chi connectivity index (χ4v) is 2.86. The maximum atomic E-state index is 10.9. The first-order valence-electron chi connectivity index (χ1n) is 4.31. The molecule has 3 nitrogen and oxygen atoms in total. The van der Waals surface area contributed by atoms with Crippen LogP contribution in [0.25, 0.3) is 10.1 Å². The number of esters is 1. The number of aromatic nitrogens is 1. The van der Waals surface area contributed by atoms with Gasteiger partial charge in [-0.2, -0.15) is 0 Å². The molecule has 0 aliphatic carbocycles. The van der Waals surface area contributed by atoms with Crippen LogP contribution in [-0.2, 0) is 4.79 Å². The largest absolute Gasteiger partial charge is 0.406 e. The Labute approximate surface area is 99.2 Å². The molecule has 0 bridgehead atoms. The molecular formula is C10H8BrNO2S. The van der Waals surface area contributed by atoms with Crippen molar-refractivity contribution in [2.24, 2.45) is 0 Å². The van der Waals surface area contributed by atoms with Crippen LogP contribution >= 0.6 is 27.3 Å². The molecule has 5 heteroatoms. The Kier molecular flexibility index (Phi) is 2.75. The molecule has 0 atom stereocenters. The molecule has 0 radical (unpaired) electrons. The second kappa shape index (κ2) is 3.90. The number of aryl methyl sites for hydroxylation is 1. The van der Waals surface area contributed by atoms with Gasteiger partial charge in [0.05, 0.1) is 14.9 Å². The third-order valence-corrected chi connectivity index (χ3v) is 3.88. The summed E-state index contributed by atoms with van der Waals surface area (Å²) in [7, 11) is 0. The van der Waals surface area contributed by atoms with Gasteiger partial charge in [0, 0.05) is 12.3 Å². The minimum absolute atomic E-state index is 0.343. The molecule has 0 spiro atoms. The zero-order valence-corrected chi connectivity index (χ0v) is 10.6. The van der Waals surface area contributed by atoms with Gasteiger partial charge >= 0.3 is 5.97 Å². The number of hydrogen-bond donors (Lipinski definition) is 0. The highest BCUT2D eigenvalue weighted by atomic mass is 79.9. The quantitative estimate of drug-likeness (QED) is 0.755. The number of carbonyl (C=O) groups is 1. The Bertz CT molecular complexity index is 535. The first kappa shape index (κ1) is 10.6. The molecule has 2 aromatic heterocycles. The summed E-state index contributed by atoms with van der Waals surface area (Å²) in [5.74, 6) is -0.0199. The molecule has 0 unspecified atom stereocenters. The predicted molar refractivity (Wildman–Crippen MR) is 63.4 cm³/mol. The zero-order valence-electron chi connectivity index (χ0n) is 8.20. The summed E-state index contributed by atoms with van der Waals surface area (Å²) in [4.78, 5) is 15.1. The fourth-order valence-electron chi connectivity index (χ4n) is 1.33. The van der Waals surface area contributed by atoms with Gasteiger partial charge in [0.2, 0.25) is 5.88 Å². The van der Waals surface area contributed by atoms with Crippen LogP contribution in [-0.4, -0.2) is 11.0 Å². The number of fused-ring (bicyclic) bond motifs is 1. The van der Waals surface area contributed by atoms with E-state index in [1.54, 1.807) is 11.3 Å². The predicted octanol–water partition coefficient (Wildman–Crippen LogP) is 3.29. The van der Waals surface area contributed by atoms with Crippen molar-refractivity contribution in [3.05, 3.63) is 21.6 Å². The molecule has 2 aromatic rings. The van der Waals surface area contributed by atoms with Crippen LogP contribution in [0, 0.1) is 6.92 Å². The molecule has 2 heterocycles. The maximum absolute atomic E-state index is 10.9. The molecule has 0 fully saturated rings. The molecule has 0 saturated heterocycles. The van der Waals surface area contributed by atoms with Crippen LogP contribution in [0.1, 0.15) is 12.6 Å². The van der Waals surface area contributed by atoms with E-state index in [1.165, 1.54) is 6.92 Å². The lowest BCUT2D eigenvalue weighted by molar-refractivity contribution is -0.132. The number of thiophene rings is 1. The topological polar surface area (TPSA) is 39.2 Å². The normalized spacial score (nSPS) is 10.6. The summed E-state index contributed by atoms with van der Waals surface area (Å²) >= 11 is 4.99. The third-order valence-electron chi connectivity index (χ3n) is 1.95. The summed E-state index contributed by atoms with van der Waals surface area (Å²) in [6.07, 6.45) is 0. The van der Waals surface area contributed by atoms with Crippen LogP contribution in [0.3, 0.4) is 0 Å². The number of rotatable bonds is 1. The van der Waals surface area contributed by atoms with Gasteiger partial charge in [0.25, 0.3) is 0 Å². The number of carbonyl (C=O) groups excluding carboxylic acids is 1. The van der Waals surface area contributed by atoms with Crippen molar-refractivity contribution < 1.29 is 9.53 Å². The molecule has 0 saturated carbocycles. The van der Waals surface area contributed by atoms with E-state index in [0.29, 0.717) is 5.88 Å². The van der Waals surface area contributed by atoms with Crippen LogP contribution in [0.2, 0.25) is 0 Å². The van der Waals surface area contributed by atoms with Crippen molar-refractivity contribution in [3.63, 3.8) is 0 Å². The van der Waals surface area contributed by atoms with Crippen LogP contribution in [0.4, 0.5) is 0 Å². The maximum Gasteiger partial charge on any atom is 0.309 e. The Morgan fingerprint density at radius 3 is 3.00 bits per heavy atom. The van der Waals surface area contributed by atoms with Crippen molar-refractivity contribution in [2.75, 3.05) is 0 Å². The Balaban J connectivity index is 2.65. The van der Waals surface area contributed by atoms with Gasteiger partial charge in [0.1, 0.15) is 0 Å². The summed E-state index contributed by atoms with van der Waals surface area (Å²) in [5.41, 5.74) is 0.866. The smallest absolute Gasteiger partial charge is 0.309 e. The lowest BCUT2D eigenvalue weighted by Crippen LogP contribution is -2.04. The van der Waals surface area contributed by atoms with Gasteiger partial charge in [-0.05, 0) is 34.3 Å². The van der Waals surface area contributed by atoms with Crippen molar-refractivity contribution in [3.8, 4) is 5.88 Å². The first-order valence-corrected chi connectivity index (χ1v) is 5.98. The third kappa shape index (κ3) is 1.89. The zero-order chi connectivity index (χ0) is 11.0.